The van der Waals surface area contributed by atoms with Crippen molar-refractivity contribution in [3.8, 4) is 16.2 Å². The van der Waals surface area contributed by atoms with Crippen LogP contribution in [-0.2, 0) is 0 Å². The normalized spacial score (nSPS) is 14.6. The van der Waals surface area contributed by atoms with Gasteiger partial charge in [-0.25, -0.2) is 8.97 Å². The summed E-state index contributed by atoms with van der Waals surface area (Å²) in [5.41, 5.74) is 1.99. The van der Waals surface area contributed by atoms with Crippen molar-refractivity contribution in [1.82, 2.24) is 4.58 Å². The van der Waals surface area contributed by atoms with Crippen molar-refractivity contribution >= 4 is 41.5 Å². The van der Waals surface area contributed by atoms with Crippen LogP contribution >= 0.6 is 34.3 Å². The molecule has 0 spiro atoms. The molecule has 0 fully saturated rings. The van der Waals surface area contributed by atoms with Gasteiger partial charge >= 0.3 is 11.2 Å². The first-order valence-corrected chi connectivity index (χ1v) is 11.4. The molecule has 2 aromatic carbocycles. The molecular weight excluding hydrogens is 476 g/mol. The predicted octanol–water partition coefficient (Wildman–Crippen LogP) is 6.86. The number of ether oxygens (including phenoxy) is 1. The van der Waals surface area contributed by atoms with Crippen LogP contribution in [0.4, 0.5) is 21.7 Å². The number of rotatable bonds is 3. The Hall–Kier alpha value is -1.91. The molecule has 1 aliphatic heterocycles. The third kappa shape index (κ3) is 5.87. The Bertz CT molecular complexity index is 1120. The van der Waals surface area contributed by atoms with Crippen LogP contribution in [-0.4, -0.2) is 20.3 Å². The molecule has 3 aromatic rings. The molecule has 0 saturated heterocycles. The Balaban J connectivity index is 0.000000491. The fourth-order valence-corrected chi connectivity index (χ4v) is 6.31. The maximum Gasteiger partial charge on any atom is 0.673 e. The minimum atomic E-state index is -6.00. The molecule has 1 unspecified atom stereocenters. The van der Waals surface area contributed by atoms with E-state index in [0.29, 0.717) is 5.02 Å². The second-order valence-electron chi connectivity index (χ2n) is 6.52. The van der Waals surface area contributed by atoms with Crippen molar-refractivity contribution < 1.29 is 26.4 Å². The summed E-state index contributed by atoms with van der Waals surface area (Å²) in [6.07, 6.45) is -0.232. The van der Waals surface area contributed by atoms with Crippen LogP contribution < -0.4 is 13.3 Å². The van der Waals surface area contributed by atoms with Gasteiger partial charge in [0.15, 0.2) is 6.10 Å². The van der Waals surface area contributed by atoms with Crippen molar-refractivity contribution in [3.05, 3.63) is 67.7 Å². The number of hydrogen-bond acceptors (Lipinski definition) is 3. The standard InChI is InChI=1S/C20H18ClFNOS2.BF4/c1-3-23(4-2)20-25-18-15-11-13(21)7-10-16(15)24-17(19(18)26-20)12-5-8-14(22)9-6-12;2-1(3,4)5/h5-11,17H,3-4H2,1-2H3;/q+1;-1. The first kappa shape index (κ1) is 23.8. The Morgan fingerprint density at radius 3 is 2.19 bits per heavy atom. The molecule has 0 bridgehead atoms. The molecule has 166 valence electrons. The van der Waals surface area contributed by atoms with Crippen LogP contribution in [0.15, 0.2) is 42.5 Å². The smallest absolute Gasteiger partial charge is 0.479 e. The first-order valence-electron chi connectivity index (χ1n) is 9.41. The summed E-state index contributed by atoms with van der Waals surface area (Å²) in [5.74, 6) is 0.575. The second kappa shape index (κ2) is 9.71. The van der Waals surface area contributed by atoms with E-state index in [4.69, 9.17) is 16.3 Å². The number of nitrogens with zero attached hydrogens (tertiary/aromatic N) is 1. The molecule has 0 radical (unpaired) electrons. The minimum Gasteiger partial charge on any atom is -0.479 e. The summed E-state index contributed by atoms with van der Waals surface area (Å²) < 4.78 is 62.3. The molecule has 31 heavy (non-hydrogen) atoms. The van der Waals surface area contributed by atoms with Gasteiger partial charge in [-0.1, -0.05) is 46.4 Å². The Kier molecular flexibility index (Phi) is 7.44. The molecule has 11 heteroatoms. The molecule has 2 nitrogen and oxygen atoms in total. The highest BCUT2D eigenvalue weighted by molar-refractivity contribution is 7.29. The van der Waals surface area contributed by atoms with Gasteiger partial charge in [0.1, 0.15) is 24.7 Å². The molecule has 1 atom stereocenters. The largest absolute Gasteiger partial charge is 0.673 e. The average molecular weight is 494 g/mol. The van der Waals surface area contributed by atoms with Crippen molar-refractivity contribution in [3.63, 3.8) is 0 Å². The van der Waals surface area contributed by atoms with Crippen LogP contribution in [0.5, 0.6) is 5.75 Å². The van der Waals surface area contributed by atoms with Gasteiger partial charge in [-0.05, 0) is 49.7 Å². The molecule has 0 aliphatic carbocycles. The summed E-state index contributed by atoms with van der Waals surface area (Å²) in [6.45, 7) is 6.23. The number of fused-ring (bicyclic) bond motifs is 3. The first-order chi connectivity index (χ1) is 14.6. The highest BCUT2D eigenvalue weighted by atomic mass is 35.5. The summed E-state index contributed by atoms with van der Waals surface area (Å²) in [6, 6.07) is 12.3. The average Bonchev–Trinajstić information content (AvgIpc) is 3.13. The van der Waals surface area contributed by atoms with E-state index in [1.807, 2.05) is 18.2 Å². The number of benzene rings is 2. The highest BCUT2D eigenvalue weighted by Gasteiger charge is 2.32. The summed E-state index contributed by atoms with van der Waals surface area (Å²) >= 11 is 9.77. The maximum atomic E-state index is 13.4. The second-order valence-corrected chi connectivity index (χ2v) is 9.25. The fourth-order valence-electron chi connectivity index (χ4n) is 3.09. The van der Waals surface area contributed by atoms with Gasteiger partial charge in [-0.15, -0.1) is 0 Å². The third-order valence-electron chi connectivity index (χ3n) is 4.47. The zero-order chi connectivity index (χ0) is 22.8. The van der Waals surface area contributed by atoms with Crippen LogP contribution in [0.3, 0.4) is 0 Å². The lowest BCUT2D eigenvalue weighted by Crippen LogP contribution is -2.25. The highest BCUT2D eigenvalue weighted by Crippen LogP contribution is 2.48. The number of halogens is 6. The molecule has 1 aromatic heterocycles. The van der Waals surface area contributed by atoms with Gasteiger partial charge in [0.25, 0.3) is 0 Å². The molecule has 2 heterocycles. The number of hydrogen-bond donors (Lipinski definition) is 0. The van der Waals surface area contributed by atoms with Crippen LogP contribution in [0.25, 0.3) is 10.4 Å². The molecule has 4 rings (SSSR count). The topological polar surface area (TPSA) is 12.2 Å². The molecule has 1 aliphatic rings. The van der Waals surface area contributed by atoms with Crippen molar-refractivity contribution in [2.75, 3.05) is 13.1 Å². The molecule has 0 N–H and O–H groups in total. The summed E-state index contributed by atoms with van der Waals surface area (Å²) in [5, 5.41) is 0.696. The Morgan fingerprint density at radius 2 is 1.61 bits per heavy atom. The van der Waals surface area contributed by atoms with Crippen molar-refractivity contribution in [2.45, 2.75) is 20.0 Å². The van der Waals surface area contributed by atoms with Gasteiger partial charge < -0.3 is 22.0 Å². The van der Waals surface area contributed by atoms with Gasteiger partial charge in [0.2, 0.25) is 0 Å². The Labute approximate surface area is 189 Å². The fraction of sp³-hybridized carbons (Fsp3) is 0.250. The summed E-state index contributed by atoms with van der Waals surface area (Å²) in [4.78, 5) is 2.34. The molecule has 0 amide bonds. The molecule has 0 saturated carbocycles. The van der Waals surface area contributed by atoms with Crippen LogP contribution in [0.2, 0.25) is 5.02 Å². The quantitative estimate of drug-likeness (QED) is 0.220. The zero-order valence-corrected chi connectivity index (χ0v) is 18.9. The van der Waals surface area contributed by atoms with E-state index in [1.165, 1.54) is 21.0 Å². The van der Waals surface area contributed by atoms with E-state index >= 15 is 0 Å². The van der Waals surface area contributed by atoms with E-state index < -0.39 is 7.25 Å². The van der Waals surface area contributed by atoms with Crippen molar-refractivity contribution in [1.29, 1.82) is 0 Å². The SMILES string of the molecule is CC[N+](CC)=c1sc2c(s1)C(c1ccc(F)cc1)Oc1ccc(Cl)cc1-2.F[B-](F)(F)F. The Morgan fingerprint density at radius 1 is 1.00 bits per heavy atom. The maximum absolute atomic E-state index is 13.4. The van der Waals surface area contributed by atoms with Gasteiger partial charge in [0, 0.05) is 10.6 Å². The van der Waals surface area contributed by atoms with Crippen LogP contribution in [0, 0.1) is 5.82 Å². The lowest BCUT2D eigenvalue weighted by Gasteiger charge is -2.26. The van der Waals surface area contributed by atoms with Gasteiger partial charge in [-0.2, -0.15) is 0 Å². The lowest BCUT2D eigenvalue weighted by atomic mass is 10.0. The van der Waals surface area contributed by atoms with E-state index in [2.05, 4.69) is 18.4 Å². The van der Waals surface area contributed by atoms with Gasteiger partial charge in [-0.3, -0.25) is 0 Å². The lowest BCUT2D eigenvalue weighted by molar-refractivity contribution is 0.248. The van der Waals surface area contributed by atoms with E-state index in [-0.39, 0.29) is 11.9 Å². The van der Waals surface area contributed by atoms with E-state index in [0.717, 1.165) is 34.8 Å². The monoisotopic (exact) mass is 493 g/mol. The van der Waals surface area contributed by atoms with Crippen LogP contribution in [0.1, 0.15) is 30.4 Å². The van der Waals surface area contributed by atoms with Gasteiger partial charge in [0.05, 0.1) is 9.75 Å². The summed E-state index contributed by atoms with van der Waals surface area (Å²) in [7, 11) is -6.00. The van der Waals surface area contributed by atoms with E-state index in [1.54, 1.807) is 34.8 Å². The van der Waals surface area contributed by atoms with Crippen molar-refractivity contribution in [2.24, 2.45) is 0 Å². The predicted molar refractivity (Wildman–Crippen MR) is 118 cm³/mol. The molecular formula is C20H18BClF5NOS2. The minimum absolute atomic E-state index is 0.232. The zero-order valence-electron chi connectivity index (χ0n) is 16.6. The van der Waals surface area contributed by atoms with E-state index in [9.17, 15) is 21.7 Å². The third-order valence-corrected chi connectivity index (χ3v) is 7.49.